The van der Waals surface area contributed by atoms with Crippen LogP contribution < -0.4 is 5.32 Å². The first-order chi connectivity index (χ1) is 10.6. The standard InChI is InChI=1S/C17H22N4O/c1-12-5-3-7-14(17(12)22)15-8-9-16(20-19-15)18-13-6-4-10-21(2)11-13/h3,5,7-9,13,22H,4,6,10-11H2,1-2H3,(H,18,20)/t13-/m1/s1. The lowest BCUT2D eigenvalue weighted by atomic mass is 10.1. The maximum atomic E-state index is 10.1. The van der Waals surface area contributed by atoms with Gasteiger partial charge in [0, 0.05) is 18.2 Å². The molecule has 0 bridgehead atoms. The number of rotatable bonds is 3. The van der Waals surface area contributed by atoms with E-state index in [1.165, 1.54) is 6.42 Å². The van der Waals surface area contributed by atoms with Gasteiger partial charge in [0.2, 0.25) is 0 Å². The fourth-order valence-corrected chi connectivity index (χ4v) is 2.91. The first kappa shape index (κ1) is 14.8. The van der Waals surface area contributed by atoms with Crippen molar-refractivity contribution in [3.05, 3.63) is 35.9 Å². The van der Waals surface area contributed by atoms with E-state index in [9.17, 15) is 5.11 Å². The highest BCUT2D eigenvalue weighted by atomic mass is 16.3. The lowest BCUT2D eigenvalue weighted by molar-refractivity contribution is 0.260. The molecule has 22 heavy (non-hydrogen) atoms. The Kier molecular flexibility index (Phi) is 4.24. The lowest BCUT2D eigenvalue weighted by Gasteiger charge is -2.30. The largest absolute Gasteiger partial charge is 0.507 e. The second-order valence-corrected chi connectivity index (χ2v) is 6.02. The molecule has 0 radical (unpaired) electrons. The lowest BCUT2D eigenvalue weighted by Crippen LogP contribution is -2.39. The van der Waals surface area contributed by atoms with E-state index < -0.39 is 0 Å². The Hall–Kier alpha value is -2.14. The maximum absolute atomic E-state index is 10.1. The summed E-state index contributed by atoms with van der Waals surface area (Å²) in [5, 5.41) is 22.1. The van der Waals surface area contributed by atoms with E-state index in [-0.39, 0.29) is 5.75 Å². The van der Waals surface area contributed by atoms with Crippen LogP contribution >= 0.6 is 0 Å². The summed E-state index contributed by atoms with van der Waals surface area (Å²) in [7, 11) is 2.14. The highest BCUT2D eigenvalue weighted by molar-refractivity contribution is 5.68. The fraction of sp³-hybridized carbons (Fsp3) is 0.412. The van der Waals surface area contributed by atoms with Gasteiger partial charge in [0.15, 0.2) is 0 Å². The molecular weight excluding hydrogens is 276 g/mol. The number of anilines is 1. The van der Waals surface area contributed by atoms with Crippen molar-refractivity contribution in [1.82, 2.24) is 15.1 Å². The Morgan fingerprint density at radius 3 is 2.82 bits per heavy atom. The van der Waals surface area contributed by atoms with Gasteiger partial charge in [0.05, 0.1) is 5.69 Å². The van der Waals surface area contributed by atoms with Crippen molar-refractivity contribution in [2.75, 3.05) is 25.5 Å². The van der Waals surface area contributed by atoms with Crippen molar-refractivity contribution in [1.29, 1.82) is 0 Å². The van der Waals surface area contributed by atoms with Crippen LogP contribution in [0, 0.1) is 6.92 Å². The topological polar surface area (TPSA) is 61.3 Å². The molecule has 0 saturated carbocycles. The van der Waals surface area contributed by atoms with Gasteiger partial charge in [-0.25, -0.2) is 0 Å². The predicted octanol–water partition coefficient (Wildman–Crippen LogP) is 2.66. The van der Waals surface area contributed by atoms with Crippen LogP contribution in [0.15, 0.2) is 30.3 Å². The Labute approximate surface area is 131 Å². The molecule has 2 heterocycles. The zero-order chi connectivity index (χ0) is 15.5. The molecule has 0 unspecified atom stereocenters. The number of aromatic nitrogens is 2. The third-order valence-electron chi connectivity index (χ3n) is 4.15. The minimum atomic E-state index is 0.270. The molecule has 116 valence electrons. The second kappa shape index (κ2) is 6.32. The smallest absolute Gasteiger partial charge is 0.148 e. The Balaban J connectivity index is 1.74. The highest BCUT2D eigenvalue weighted by Crippen LogP contribution is 2.30. The zero-order valence-electron chi connectivity index (χ0n) is 13.1. The highest BCUT2D eigenvalue weighted by Gasteiger charge is 2.17. The Bertz CT molecular complexity index is 642. The van der Waals surface area contributed by atoms with Gasteiger partial charge in [0.1, 0.15) is 11.6 Å². The number of aromatic hydroxyl groups is 1. The van der Waals surface area contributed by atoms with Gasteiger partial charge in [-0.05, 0) is 57.1 Å². The van der Waals surface area contributed by atoms with E-state index in [2.05, 4.69) is 27.5 Å². The molecule has 2 aromatic rings. The second-order valence-electron chi connectivity index (χ2n) is 6.02. The van der Waals surface area contributed by atoms with E-state index in [0.717, 1.165) is 36.5 Å². The number of hydrogen-bond donors (Lipinski definition) is 2. The van der Waals surface area contributed by atoms with E-state index in [4.69, 9.17) is 0 Å². The van der Waals surface area contributed by atoms with Crippen LogP contribution in [0.2, 0.25) is 0 Å². The molecule has 5 heteroatoms. The summed E-state index contributed by atoms with van der Waals surface area (Å²) in [5.41, 5.74) is 2.25. The van der Waals surface area contributed by atoms with E-state index in [1.54, 1.807) is 0 Å². The van der Waals surface area contributed by atoms with Gasteiger partial charge >= 0.3 is 0 Å². The summed E-state index contributed by atoms with van der Waals surface area (Å²) in [6.45, 7) is 4.07. The maximum Gasteiger partial charge on any atom is 0.148 e. The van der Waals surface area contributed by atoms with Crippen LogP contribution in [0.1, 0.15) is 18.4 Å². The third-order valence-corrected chi connectivity index (χ3v) is 4.15. The molecular formula is C17H22N4O. The first-order valence-corrected chi connectivity index (χ1v) is 7.71. The Morgan fingerprint density at radius 1 is 1.23 bits per heavy atom. The van der Waals surface area contributed by atoms with Crippen LogP contribution in [-0.4, -0.2) is 46.4 Å². The number of nitrogens with zero attached hydrogens (tertiary/aromatic N) is 3. The van der Waals surface area contributed by atoms with Crippen LogP contribution in [-0.2, 0) is 0 Å². The number of phenolic OH excluding ortho intramolecular Hbond substituents is 1. The van der Waals surface area contributed by atoms with Gasteiger partial charge in [-0.2, -0.15) is 0 Å². The van der Waals surface area contributed by atoms with Crippen molar-refractivity contribution in [3.63, 3.8) is 0 Å². The quantitative estimate of drug-likeness (QED) is 0.912. The van der Waals surface area contributed by atoms with Gasteiger partial charge in [0.25, 0.3) is 0 Å². The molecule has 1 atom stereocenters. The zero-order valence-corrected chi connectivity index (χ0v) is 13.1. The number of likely N-dealkylation sites (N-methyl/N-ethyl adjacent to an activating group) is 1. The summed E-state index contributed by atoms with van der Waals surface area (Å²) in [4.78, 5) is 2.33. The van der Waals surface area contributed by atoms with Gasteiger partial charge in [-0.1, -0.05) is 12.1 Å². The number of hydrogen-bond acceptors (Lipinski definition) is 5. The van der Waals surface area contributed by atoms with Crippen molar-refractivity contribution >= 4 is 5.82 Å². The average molecular weight is 298 g/mol. The molecule has 1 aromatic heterocycles. The Morgan fingerprint density at radius 2 is 2.09 bits per heavy atom. The molecule has 3 rings (SSSR count). The predicted molar refractivity (Wildman–Crippen MR) is 88.0 cm³/mol. The number of aryl methyl sites for hydroxylation is 1. The molecule has 2 N–H and O–H groups in total. The summed E-state index contributed by atoms with van der Waals surface area (Å²) < 4.78 is 0. The monoisotopic (exact) mass is 298 g/mol. The molecule has 1 saturated heterocycles. The number of nitrogens with one attached hydrogen (secondary N) is 1. The summed E-state index contributed by atoms with van der Waals surface area (Å²) in [6, 6.07) is 9.90. The fourth-order valence-electron chi connectivity index (χ4n) is 2.91. The third kappa shape index (κ3) is 3.20. The summed E-state index contributed by atoms with van der Waals surface area (Å²) in [5.74, 6) is 1.06. The first-order valence-electron chi connectivity index (χ1n) is 7.71. The van der Waals surface area contributed by atoms with Crippen molar-refractivity contribution < 1.29 is 5.11 Å². The van der Waals surface area contributed by atoms with Crippen molar-refractivity contribution in [2.24, 2.45) is 0 Å². The number of piperidine rings is 1. The van der Waals surface area contributed by atoms with Gasteiger partial charge in [-0.3, -0.25) is 0 Å². The number of benzene rings is 1. The molecule has 0 aliphatic carbocycles. The van der Waals surface area contributed by atoms with Crippen LogP contribution in [0.25, 0.3) is 11.3 Å². The van der Waals surface area contributed by atoms with Crippen molar-refractivity contribution in [3.8, 4) is 17.0 Å². The number of likely N-dealkylation sites (tertiary alicyclic amines) is 1. The summed E-state index contributed by atoms with van der Waals surface area (Å²) in [6.07, 6.45) is 2.36. The molecule has 0 spiro atoms. The van der Waals surface area contributed by atoms with Crippen LogP contribution in [0.4, 0.5) is 5.82 Å². The minimum absolute atomic E-state index is 0.270. The minimum Gasteiger partial charge on any atom is -0.507 e. The summed E-state index contributed by atoms with van der Waals surface area (Å²) >= 11 is 0. The molecule has 0 amide bonds. The van der Waals surface area contributed by atoms with Gasteiger partial charge in [-0.15, -0.1) is 10.2 Å². The van der Waals surface area contributed by atoms with E-state index >= 15 is 0 Å². The molecule has 1 aliphatic heterocycles. The number of para-hydroxylation sites is 1. The SMILES string of the molecule is Cc1cccc(-c2ccc(N[C@@H]3CCCN(C)C3)nn2)c1O. The normalized spacial score (nSPS) is 19.1. The van der Waals surface area contributed by atoms with Gasteiger partial charge < -0.3 is 15.3 Å². The molecule has 5 nitrogen and oxygen atoms in total. The van der Waals surface area contributed by atoms with E-state index in [0.29, 0.717) is 11.7 Å². The number of phenols is 1. The average Bonchev–Trinajstić information content (AvgIpc) is 2.51. The van der Waals surface area contributed by atoms with Crippen molar-refractivity contribution in [2.45, 2.75) is 25.8 Å². The van der Waals surface area contributed by atoms with Crippen LogP contribution in [0.3, 0.4) is 0 Å². The molecule has 1 aromatic carbocycles. The van der Waals surface area contributed by atoms with Crippen LogP contribution in [0.5, 0.6) is 5.75 Å². The molecule has 1 aliphatic rings. The molecule has 1 fully saturated rings. The van der Waals surface area contributed by atoms with E-state index in [1.807, 2.05) is 37.3 Å².